The standard InChI is InChI=1S/C18H13Cl2FN4O4/c19-13-6-1-10(7-14(13)21)16(26)9-22-15-8-23-24(18(27)17(15)20)11-2-4-12(5-3-11)25(28)29/h1-8,16,22,26H,9H2. The van der Waals surface area contributed by atoms with Crippen LogP contribution in [-0.4, -0.2) is 26.4 Å². The zero-order valence-electron chi connectivity index (χ0n) is 14.6. The van der Waals surface area contributed by atoms with Crippen molar-refractivity contribution in [1.82, 2.24) is 9.78 Å². The van der Waals surface area contributed by atoms with Crippen LogP contribution in [0.2, 0.25) is 10.0 Å². The van der Waals surface area contributed by atoms with Gasteiger partial charge in [0.2, 0.25) is 0 Å². The third-order valence-corrected chi connectivity index (χ3v) is 4.71. The summed E-state index contributed by atoms with van der Waals surface area (Å²) in [5, 5.41) is 27.4. The molecule has 0 spiro atoms. The van der Waals surface area contributed by atoms with Crippen molar-refractivity contribution in [1.29, 1.82) is 0 Å². The Balaban J connectivity index is 1.77. The molecule has 0 fully saturated rings. The average molecular weight is 439 g/mol. The number of benzene rings is 2. The van der Waals surface area contributed by atoms with Gasteiger partial charge in [0, 0.05) is 18.7 Å². The number of aliphatic hydroxyl groups excluding tert-OH is 1. The van der Waals surface area contributed by atoms with Crippen molar-refractivity contribution in [3.63, 3.8) is 0 Å². The zero-order valence-corrected chi connectivity index (χ0v) is 16.1. The topological polar surface area (TPSA) is 110 Å². The highest BCUT2D eigenvalue weighted by molar-refractivity contribution is 6.33. The minimum absolute atomic E-state index is 0.0593. The summed E-state index contributed by atoms with van der Waals surface area (Å²) in [6, 6.07) is 9.14. The Hall–Kier alpha value is -3.01. The predicted molar refractivity (Wildman–Crippen MR) is 106 cm³/mol. The molecule has 3 rings (SSSR count). The summed E-state index contributed by atoms with van der Waals surface area (Å²) in [5.74, 6) is -0.659. The van der Waals surface area contributed by atoms with Gasteiger partial charge in [0.1, 0.15) is 10.8 Å². The van der Waals surface area contributed by atoms with Crippen molar-refractivity contribution < 1.29 is 14.4 Å². The maximum absolute atomic E-state index is 13.5. The third-order valence-electron chi connectivity index (χ3n) is 4.04. The number of aromatic nitrogens is 2. The molecule has 1 aromatic heterocycles. The second-order valence-electron chi connectivity index (χ2n) is 5.93. The Morgan fingerprint density at radius 2 is 1.93 bits per heavy atom. The normalized spacial score (nSPS) is 11.9. The number of halogens is 3. The first kappa shape index (κ1) is 20.7. The van der Waals surface area contributed by atoms with Gasteiger partial charge in [-0.15, -0.1) is 0 Å². The molecule has 0 aliphatic rings. The molecule has 0 saturated heterocycles. The Morgan fingerprint density at radius 3 is 2.55 bits per heavy atom. The fourth-order valence-electron chi connectivity index (χ4n) is 2.50. The molecule has 0 aliphatic heterocycles. The maximum atomic E-state index is 13.5. The number of hydrogen-bond donors (Lipinski definition) is 2. The molecule has 2 N–H and O–H groups in total. The van der Waals surface area contributed by atoms with Crippen LogP contribution in [0.4, 0.5) is 15.8 Å². The maximum Gasteiger partial charge on any atom is 0.292 e. The quantitative estimate of drug-likeness (QED) is 0.448. The molecule has 0 aliphatic carbocycles. The Bertz CT molecular complexity index is 1120. The SMILES string of the molecule is O=c1c(Cl)c(NCC(O)c2ccc(Cl)c(F)c2)cnn1-c1ccc([N+](=O)[O-])cc1. The highest BCUT2D eigenvalue weighted by Gasteiger charge is 2.15. The van der Waals surface area contributed by atoms with Gasteiger partial charge in [-0.05, 0) is 29.8 Å². The Morgan fingerprint density at radius 1 is 1.24 bits per heavy atom. The smallest absolute Gasteiger partial charge is 0.292 e. The molecule has 1 heterocycles. The molecule has 1 atom stereocenters. The summed E-state index contributed by atoms with van der Waals surface area (Å²) >= 11 is 11.7. The monoisotopic (exact) mass is 438 g/mol. The minimum atomic E-state index is -1.09. The van der Waals surface area contributed by atoms with Crippen LogP contribution in [0.5, 0.6) is 0 Å². The number of nitrogens with zero attached hydrogens (tertiary/aromatic N) is 3. The Labute approximate surface area is 173 Å². The Kier molecular flexibility index (Phi) is 6.12. The van der Waals surface area contributed by atoms with E-state index in [1.165, 1.54) is 42.6 Å². The summed E-state index contributed by atoms with van der Waals surface area (Å²) in [5.41, 5.74) is -0.0203. The van der Waals surface area contributed by atoms with Gasteiger partial charge in [-0.1, -0.05) is 29.3 Å². The van der Waals surface area contributed by atoms with Gasteiger partial charge in [-0.3, -0.25) is 14.9 Å². The van der Waals surface area contributed by atoms with E-state index in [4.69, 9.17) is 23.2 Å². The molecule has 0 saturated carbocycles. The van der Waals surface area contributed by atoms with E-state index in [2.05, 4.69) is 10.4 Å². The largest absolute Gasteiger partial charge is 0.387 e. The van der Waals surface area contributed by atoms with Crippen LogP contribution in [0.3, 0.4) is 0 Å². The molecule has 29 heavy (non-hydrogen) atoms. The fourth-order valence-corrected chi connectivity index (χ4v) is 2.81. The summed E-state index contributed by atoms with van der Waals surface area (Å²) in [7, 11) is 0. The molecule has 11 heteroatoms. The molecular formula is C18H13Cl2FN4O4. The van der Waals surface area contributed by atoms with E-state index in [9.17, 15) is 24.4 Å². The van der Waals surface area contributed by atoms with Gasteiger partial charge >= 0.3 is 0 Å². The lowest BCUT2D eigenvalue weighted by Crippen LogP contribution is -2.23. The van der Waals surface area contributed by atoms with Gasteiger partial charge in [-0.25, -0.2) is 4.39 Å². The number of non-ortho nitro benzene ring substituents is 1. The van der Waals surface area contributed by atoms with E-state index in [0.29, 0.717) is 11.3 Å². The molecule has 0 amide bonds. The number of nitro benzene ring substituents is 1. The van der Waals surface area contributed by atoms with Crippen LogP contribution in [0, 0.1) is 15.9 Å². The van der Waals surface area contributed by atoms with Gasteiger partial charge in [-0.2, -0.15) is 9.78 Å². The van der Waals surface area contributed by atoms with Crippen LogP contribution in [0.15, 0.2) is 53.5 Å². The lowest BCUT2D eigenvalue weighted by atomic mass is 10.1. The summed E-state index contributed by atoms with van der Waals surface area (Å²) < 4.78 is 14.5. The van der Waals surface area contributed by atoms with Crippen molar-refractivity contribution >= 4 is 34.6 Å². The first-order chi connectivity index (χ1) is 13.8. The average Bonchev–Trinajstić information content (AvgIpc) is 2.71. The lowest BCUT2D eigenvalue weighted by Gasteiger charge is -2.15. The second kappa shape index (κ2) is 8.56. The zero-order chi connectivity index (χ0) is 21.1. The minimum Gasteiger partial charge on any atom is -0.387 e. The molecule has 0 radical (unpaired) electrons. The first-order valence-electron chi connectivity index (χ1n) is 8.17. The van der Waals surface area contributed by atoms with Crippen molar-refractivity contribution in [2.24, 2.45) is 0 Å². The highest BCUT2D eigenvalue weighted by Crippen LogP contribution is 2.22. The van der Waals surface area contributed by atoms with Crippen molar-refractivity contribution in [3.05, 3.63) is 90.6 Å². The number of rotatable bonds is 6. The molecule has 2 aromatic carbocycles. The third kappa shape index (κ3) is 4.53. The first-order valence-corrected chi connectivity index (χ1v) is 8.93. The van der Waals surface area contributed by atoms with Crippen LogP contribution in [0.1, 0.15) is 11.7 Å². The number of nitro groups is 1. The van der Waals surface area contributed by atoms with Crippen LogP contribution < -0.4 is 10.9 Å². The molecule has 8 nitrogen and oxygen atoms in total. The van der Waals surface area contributed by atoms with Crippen LogP contribution in [0.25, 0.3) is 5.69 Å². The van der Waals surface area contributed by atoms with E-state index in [-0.39, 0.29) is 28.0 Å². The van der Waals surface area contributed by atoms with E-state index < -0.39 is 22.4 Å². The second-order valence-corrected chi connectivity index (χ2v) is 6.72. The van der Waals surface area contributed by atoms with E-state index in [0.717, 1.165) is 10.7 Å². The molecule has 3 aromatic rings. The fraction of sp³-hybridized carbons (Fsp3) is 0.111. The lowest BCUT2D eigenvalue weighted by molar-refractivity contribution is -0.384. The molecule has 0 bridgehead atoms. The highest BCUT2D eigenvalue weighted by atomic mass is 35.5. The van der Waals surface area contributed by atoms with Crippen LogP contribution >= 0.6 is 23.2 Å². The van der Waals surface area contributed by atoms with Crippen molar-refractivity contribution in [3.8, 4) is 5.69 Å². The molecular weight excluding hydrogens is 426 g/mol. The van der Waals surface area contributed by atoms with Gasteiger partial charge in [0.25, 0.3) is 11.2 Å². The van der Waals surface area contributed by atoms with Crippen molar-refractivity contribution in [2.75, 3.05) is 11.9 Å². The number of hydrogen-bond acceptors (Lipinski definition) is 6. The summed E-state index contributed by atoms with van der Waals surface area (Å²) in [6.07, 6.45) is 0.190. The number of nitrogens with one attached hydrogen (secondary N) is 1. The molecule has 1 unspecified atom stereocenters. The summed E-state index contributed by atoms with van der Waals surface area (Å²) in [4.78, 5) is 22.6. The molecule has 150 valence electrons. The van der Waals surface area contributed by atoms with E-state index >= 15 is 0 Å². The van der Waals surface area contributed by atoms with Crippen LogP contribution in [-0.2, 0) is 0 Å². The summed E-state index contributed by atoms with van der Waals surface area (Å²) in [6.45, 7) is -0.0660. The van der Waals surface area contributed by atoms with Gasteiger partial charge in [0.05, 0.1) is 33.6 Å². The van der Waals surface area contributed by atoms with Gasteiger partial charge in [0.15, 0.2) is 0 Å². The predicted octanol–water partition coefficient (Wildman–Crippen LogP) is 3.73. The van der Waals surface area contributed by atoms with Crippen molar-refractivity contribution in [2.45, 2.75) is 6.10 Å². The van der Waals surface area contributed by atoms with E-state index in [1.54, 1.807) is 0 Å². The number of anilines is 1. The number of aliphatic hydroxyl groups is 1. The van der Waals surface area contributed by atoms with E-state index in [1.807, 2.05) is 0 Å². The van der Waals surface area contributed by atoms with Gasteiger partial charge < -0.3 is 10.4 Å².